The number of esters is 2. The molecule has 0 heterocycles. The molecule has 1 rings (SSSR count). The molecule has 3 N–H and O–H groups in total. The minimum atomic E-state index is -1.39. The lowest BCUT2D eigenvalue weighted by Gasteiger charge is -2.32. The van der Waals surface area contributed by atoms with Crippen LogP contribution >= 0.6 is 0 Å². The fraction of sp³-hybridized carbons (Fsp3) is 0.655. The molecule has 0 bridgehead atoms. The van der Waals surface area contributed by atoms with Crippen LogP contribution in [0.3, 0.4) is 0 Å². The van der Waals surface area contributed by atoms with Crippen LogP contribution in [-0.4, -0.2) is 47.4 Å². The predicted molar refractivity (Wildman–Crippen MR) is 146 cm³/mol. The van der Waals surface area contributed by atoms with Crippen LogP contribution in [0.2, 0.25) is 0 Å². The van der Waals surface area contributed by atoms with E-state index >= 15 is 0 Å². The molecule has 3 unspecified atom stereocenters. The van der Waals surface area contributed by atoms with E-state index in [0.29, 0.717) is 18.4 Å². The summed E-state index contributed by atoms with van der Waals surface area (Å²) in [5, 5.41) is 9.78. The lowest BCUT2D eigenvalue weighted by molar-refractivity contribution is -0.147. The van der Waals surface area contributed by atoms with Gasteiger partial charge in [-0.25, -0.2) is 4.79 Å². The zero-order valence-electron chi connectivity index (χ0n) is 24.8. The van der Waals surface area contributed by atoms with E-state index in [0.717, 1.165) is 0 Å². The molecule has 1 aromatic carbocycles. The molecule has 220 valence electrons. The second-order valence-corrected chi connectivity index (χ2v) is 11.4. The number of hydrogen-bond acceptors (Lipinski definition) is 9. The van der Waals surface area contributed by atoms with Crippen molar-refractivity contribution in [2.45, 2.75) is 106 Å². The standard InChI is InChI=1S/C29H45NO9/c1-11-28(7,8)25(33)38-20-14-13-19(15-21(20)39-26(34)29(9,10)12-2)22(23(30)24(31)32)17(5)18(6)37-27(35)36-16(3)4/h13-18,22-23H,11-12,30H2,1-10H3,(H,31,32)/t17?,18?,22?,23-/m0/s1. The van der Waals surface area contributed by atoms with Crippen molar-refractivity contribution in [1.82, 2.24) is 0 Å². The predicted octanol–water partition coefficient (Wildman–Crippen LogP) is 5.45. The summed E-state index contributed by atoms with van der Waals surface area (Å²) in [6.45, 7) is 17.3. The van der Waals surface area contributed by atoms with Crippen LogP contribution < -0.4 is 15.2 Å². The van der Waals surface area contributed by atoms with Crippen LogP contribution in [0.1, 0.15) is 93.6 Å². The Morgan fingerprint density at radius 1 is 0.846 bits per heavy atom. The second-order valence-electron chi connectivity index (χ2n) is 11.4. The van der Waals surface area contributed by atoms with Crippen molar-refractivity contribution < 1.29 is 43.2 Å². The number of carboxylic acid groups (broad SMARTS) is 1. The molecular weight excluding hydrogens is 506 g/mol. The summed E-state index contributed by atoms with van der Waals surface area (Å²) in [6, 6.07) is 3.07. The molecular formula is C29H45NO9. The van der Waals surface area contributed by atoms with Gasteiger partial charge in [-0.05, 0) is 79.0 Å². The van der Waals surface area contributed by atoms with E-state index in [2.05, 4.69) is 0 Å². The molecule has 4 atom stereocenters. The molecule has 0 fully saturated rings. The first-order chi connectivity index (χ1) is 17.9. The first kappa shape index (κ1) is 33.9. The highest BCUT2D eigenvalue weighted by molar-refractivity contribution is 5.81. The third-order valence-electron chi connectivity index (χ3n) is 7.22. The van der Waals surface area contributed by atoms with Gasteiger partial charge in [-0.2, -0.15) is 0 Å². The Hall–Kier alpha value is -3.14. The maximum Gasteiger partial charge on any atom is 0.508 e. The third kappa shape index (κ3) is 9.23. The van der Waals surface area contributed by atoms with Gasteiger partial charge in [0.05, 0.1) is 16.9 Å². The van der Waals surface area contributed by atoms with Crippen molar-refractivity contribution in [2.24, 2.45) is 22.5 Å². The Morgan fingerprint density at radius 3 is 1.77 bits per heavy atom. The molecule has 39 heavy (non-hydrogen) atoms. The van der Waals surface area contributed by atoms with E-state index in [4.69, 9.17) is 24.7 Å². The molecule has 10 heteroatoms. The van der Waals surface area contributed by atoms with Crippen molar-refractivity contribution in [2.75, 3.05) is 0 Å². The minimum Gasteiger partial charge on any atom is -0.480 e. The van der Waals surface area contributed by atoms with Gasteiger partial charge in [0, 0.05) is 11.8 Å². The van der Waals surface area contributed by atoms with Gasteiger partial charge in [0.25, 0.3) is 0 Å². The molecule has 0 aliphatic carbocycles. The van der Waals surface area contributed by atoms with Crippen molar-refractivity contribution in [3.8, 4) is 11.5 Å². The number of hydrogen-bond donors (Lipinski definition) is 2. The fourth-order valence-electron chi connectivity index (χ4n) is 3.42. The van der Waals surface area contributed by atoms with Gasteiger partial charge in [-0.15, -0.1) is 0 Å². The molecule has 0 saturated carbocycles. The molecule has 0 saturated heterocycles. The Balaban J connectivity index is 3.59. The minimum absolute atomic E-state index is 0.0191. The number of carbonyl (C=O) groups excluding carboxylic acids is 3. The lowest BCUT2D eigenvalue weighted by Crippen LogP contribution is -2.43. The van der Waals surface area contributed by atoms with Crippen LogP contribution in [0.15, 0.2) is 18.2 Å². The number of nitrogens with two attached hydrogens (primary N) is 1. The van der Waals surface area contributed by atoms with Crippen LogP contribution in [0, 0.1) is 16.7 Å². The van der Waals surface area contributed by atoms with Crippen LogP contribution in [0.25, 0.3) is 0 Å². The first-order valence-electron chi connectivity index (χ1n) is 13.3. The van der Waals surface area contributed by atoms with Gasteiger partial charge in [-0.1, -0.05) is 26.8 Å². The molecule has 1 aromatic rings. The average molecular weight is 552 g/mol. The second kappa shape index (κ2) is 13.8. The van der Waals surface area contributed by atoms with Gasteiger partial charge in [0.2, 0.25) is 0 Å². The van der Waals surface area contributed by atoms with Gasteiger partial charge < -0.3 is 29.8 Å². The van der Waals surface area contributed by atoms with Crippen molar-refractivity contribution in [3.63, 3.8) is 0 Å². The number of benzene rings is 1. The van der Waals surface area contributed by atoms with Crippen LogP contribution in [0.4, 0.5) is 4.79 Å². The zero-order chi connectivity index (χ0) is 30.3. The highest BCUT2D eigenvalue weighted by Crippen LogP contribution is 2.39. The van der Waals surface area contributed by atoms with E-state index in [1.807, 2.05) is 13.8 Å². The maximum absolute atomic E-state index is 13.0. The maximum atomic E-state index is 13.0. The Labute approximate surface area is 231 Å². The van der Waals surface area contributed by atoms with E-state index < -0.39 is 65.0 Å². The Kier molecular flexibility index (Phi) is 12.0. The van der Waals surface area contributed by atoms with E-state index in [-0.39, 0.29) is 11.5 Å². The molecule has 0 aliphatic heterocycles. The number of carbonyl (C=O) groups is 4. The van der Waals surface area contributed by atoms with Gasteiger partial charge in [0.15, 0.2) is 11.5 Å². The summed E-state index contributed by atoms with van der Waals surface area (Å²) in [5.74, 6) is -3.82. The number of carboxylic acids is 1. The molecule has 0 radical (unpaired) electrons. The summed E-state index contributed by atoms with van der Waals surface area (Å²) in [6.07, 6.45) is -1.04. The average Bonchev–Trinajstić information content (AvgIpc) is 2.84. The van der Waals surface area contributed by atoms with Gasteiger partial charge in [-0.3, -0.25) is 14.4 Å². The largest absolute Gasteiger partial charge is 0.508 e. The van der Waals surface area contributed by atoms with Crippen molar-refractivity contribution in [3.05, 3.63) is 23.8 Å². The molecule has 0 amide bonds. The normalized spacial score (nSPS) is 15.1. The Morgan fingerprint density at radius 2 is 1.33 bits per heavy atom. The molecule has 0 spiro atoms. The highest BCUT2D eigenvalue weighted by atomic mass is 16.7. The monoisotopic (exact) mass is 551 g/mol. The van der Waals surface area contributed by atoms with Gasteiger partial charge >= 0.3 is 24.1 Å². The summed E-state index contributed by atoms with van der Waals surface area (Å²) in [5.41, 5.74) is 4.90. The number of aliphatic carboxylic acids is 1. The lowest BCUT2D eigenvalue weighted by atomic mass is 9.79. The Bertz CT molecular complexity index is 1030. The highest BCUT2D eigenvalue weighted by Gasteiger charge is 2.37. The molecule has 10 nitrogen and oxygen atoms in total. The summed E-state index contributed by atoms with van der Waals surface area (Å²) < 4.78 is 21.8. The van der Waals surface area contributed by atoms with E-state index in [9.17, 15) is 24.3 Å². The SMILES string of the molecule is CCC(C)(C)C(=O)Oc1ccc(C(C(C)C(C)OC(=O)OC(C)C)[C@H](N)C(=O)O)cc1OC(=O)C(C)(C)CC. The molecule has 0 aromatic heterocycles. The van der Waals surface area contributed by atoms with Gasteiger partial charge in [0.1, 0.15) is 12.1 Å². The summed E-state index contributed by atoms with van der Waals surface area (Å²) in [7, 11) is 0. The summed E-state index contributed by atoms with van der Waals surface area (Å²) in [4.78, 5) is 49.9. The van der Waals surface area contributed by atoms with E-state index in [1.165, 1.54) is 12.1 Å². The first-order valence-corrected chi connectivity index (χ1v) is 13.3. The zero-order valence-corrected chi connectivity index (χ0v) is 24.8. The van der Waals surface area contributed by atoms with E-state index in [1.54, 1.807) is 61.5 Å². The van der Waals surface area contributed by atoms with Crippen molar-refractivity contribution >= 4 is 24.1 Å². The molecule has 0 aliphatic rings. The topological polar surface area (TPSA) is 151 Å². The summed E-state index contributed by atoms with van der Waals surface area (Å²) >= 11 is 0. The smallest absolute Gasteiger partial charge is 0.480 e. The third-order valence-corrected chi connectivity index (χ3v) is 7.22. The number of ether oxygens (including phenoxy) is 4. The van der Waals surface area contributed by atoms with Crippen LogP contribution in [0.5, 0.6) is 11.5 Å². The number of rotatable bonds is 13. The van der Waals surface area contributed by atoms with Crippen molar-refractivity contribution in [1.29, 1.82) is 0 Å². The van der Waals surface area contributed by atoms with Crippen LogP contribution in [-0.2, 0) is 23.9 Å². The fourth-order valence-corrected chi connectivity index (χ4v) is 3.42. The quantitative estimate of drug-likeness (QED) is 0.239.